The molecule has 9 heteroatoms. The zero-order valence-electron chi connectivity index (χ0n) is 16.8. The molecule has 1 aliphatic heterocycles. The van der Waals surface area contributed by atoms with Crippen molar-refractivity contribution in [1.29, 1.82) is 0 Å². The van der Waals surface area contributed by atoms with Gasteiger partial charge in [-0.1, -0.05) is 30.9 Å². The smallest absolute Gasteiger partial charge is 0.387 e. The number of benzene rings is 2. The van der Waals surface area contributed by atoms with Crippen molar-refractivity contribution in [3.63, 3.8) is 0 Å². The molecule has 1 atom stereocenters. The van der Waals surface area contributed by atoms with E-state index < -0.39 is 30.5 Å². The number of aliphatic imine (C=N–C) groups is 1. The molecular formula is C22H19F4N3O2. The van der Waals surface area contributed by atoms with Crippen molar-refractivity contribution >= 4 is 11.9 Å². The van der Waals surface area contributed by atoms with Crippen LogP contribution in [0.5, 0.6) is 5.75 Å². The summed E-state index contributed by atoms with van der Waals surface area (Å²) in [6, 6.07) is 8.06. The lowest BCUT2D eigenvalue weighted by Crippen LogP contribution is -2.41. The van der Waals surface area contributed by atoms with Crippen LogP contribution in [0.25, 0.3) is 0 Å². The highest BCUT2D eigenvalue weighted by atomic mass is 19.3. The molecule has 5 nitrogen and oxygen atoms in total. The molecule has 1 unspecified atom stereocenters. The summed E-state index contributed by atoms with van der Waals surface area (Å²) in [6.45, 7) is -2.23. The molecule has 3 rings (SSSR count). The van der Waals surface area contributed by atoms with Crippen molar-refractivity contribution in [3.05, 3.63) is 64.5 Å². The van der Waals surface area contributed by atoms with Crippen molar-refractivity contribution in [2.45, 2.75) is 25.5 Å². The number of hydrogen-bond donors (Lipinski definition) is 1. The SMILES string of the molecule is CCc1cc(C2(c3ccc(F)c(C#CCF)c3)N=C(N)N(C)C2=O)ccc1OC(F)F. The minimum atomic E-state index is -3.01. The van der Waals surface area contributed by atoms with Gasteiger partial charge in [0.15, 0.2) is 18.2 Å². The van der Waals surface area contributed by atoms with Gasteiger partial charge in [-0.3, -0.25) is 9.69 Å². The maximum absolute atomic E-state index is 14.2. The zero-order valence-corrected chi connectivity index (χ0v) is 16.8. The van der Waals surface area contributed by atoms with Gasteiger partial charge in [0, 0.05) is 7.05 Å². The molecule has 0 aliphatic carbocycles. The number of aryl methyl sites for hydroxylation is 1. The van der Waals surface area contributed by atoms with Gasteiger partial charge < -0.3 is 10.5 Å². The number of alkyl halides is 3. The summed E-state index contributed by atoms with van der Waals surface area (Å²) >= 11 is 0. The van der Waals surface area contributed by atoms with Gasteiger partial charge in [0.2, 0.25) is 0 Å². The van der Waals surface area contributed by atoms with Gasteiger partial charge >= 0.3 is 6.61 Å². The third-order valence-corrected chi connectivity index (χ3v) is 4.99. The van der Waals surface area contributed by atoms with Crippen LogP contribution in [-0.4, -0.2) is 37.1 Å². The number of nitrogens with zero attached hydrogens (tertiary/aromatic N) is 2. The lowest BCUT2D eigenvalue weighted by Gasteiger charge is -2.27. The van der Waals surface area contributed by atoms with E-state index in [2.05, 4.69) is 21.6 Å². The maximum Gasteiger partial charge on any atom is 0.387 e. The average Bonchev–Trinajstić information content (AvgIpc) is 2.98. The summed E-state index contributed by atoms with van der Waals surface area (Å²) in [5.74, 6) is 3.21. The third kappa shape index (κ3) is 3.93. The molecule has 1 amide bonds. The summed E-state index contributed by atoms with van der Waals surface area (Å²) in [7, 11) is 1.44. The van der Waals surface area contributed by atoms with Gasteiger partial charge in [0.05, 0.1) is 5.56 Å². The second-order valence-electron chi connectivity index (χ2n) is 6.73. The Morgan fingerprint density at radius 1 is 1.23 bits per heavy atom. The van der Waals surface area contributed by atoms with Gasteiger partial charge in [-0.2, -0.15) is 8.78 Å². The fourth-order valence-corrected chi connectivity index (χ4v) is 3.45. The Bertz CT molecular complexity index is 1110. The number of carbonyl (C=O) groups is 1. The Kier molecular flexibility index (Phi) is 6.20. The van der Waals surface area contributed by atoms with E-state index in [9.17, 15) is 22.4 Å². The molecule has 0 aromatic heterocycles. The number of ether oxygens (including phenoxy) is 1. The van der Waals surface area contributed by atoms with E-state index in [4.69, 9.17) is 5.73 Å². The van der Waals surface area contributed by atoms with Crippen LogP contribution in [0.1, 0.15) is 29.2 Å². The molecule has 2 aromatic rings. The predicted molar refractivity (Wildman–Crippen MR) is 107 cm³/mol. The molecule has 2 N–H and O–H groups in total. The summed E-state index contributed by atoms with van der Waals surface area (Å²) < 4.78 is 56.7. The Hall–Kier alpha value is -3.54. The van der Waals surface area contributed by atoms with Crippen molar-refractivity contribution in [3.8, 4) is 17.6 Å². The number of hydrogen-bond acceptors (Lipinski definition) is 4. The molecule has 0 saturated carbocycles. The quantitative estimate of drug-likeness (QED) is 0.581. The highest BCUT2D eigenvalue weighted by Gasteiger charge is 2.50. The van der Waals surface area contributed by atoms with Crippen LogP contribution < -0.4 is 10.5 Å². The molecule has 1 heterocycles. The van der Waals surface area contributed by atoms with E-state index in [1.54, 1.807) is 6.92 Å². The van der Waals surface area contributed by atoms with E-state index in [-0.39, 0.29) is 22.8 Å². The molecule has 162 valence electrons. The van der Waals surface area contributed by atoms with Crippen molar-refractivity contribution < 1.29 is 27.1 Å². The van der Waals surface area contributed by atoms with Gasteiger partial charge in [-0.25, -0.2) is 13.8 Å². The average molecular weight is 433 g/mol. The first-order valence-electron chi connectivity index (χ1n) is 9.31. The number of amides is 1. The molecule has 0 bridgehead atoms. The summed E-state index contributed by atoms with van der Waals surface area (Å²) in [6.07, 6.45) is 0.339. The first-order valence-corrected chi connectivity index (χ1v) is 9.31. The van der Waals surface area contributed by atoms with Gasteiger partial charge in [-0.15, -0.1) is 0 Å². The van der Waals surface area contributed by atoms with Crippen LogP contribution in [0.15, 0.2) is 41.4 Å². The molecule has 0 radical (unpaired) electrons. The lowest BCUT2D eigenvalue weighted by molar-refractivity contribution is -0.129. The lowest BCUT2D eigenvalue weighted by atomic mass is 9.81. The molecule has 0 fully saturated rings. The first-order chi connectivity index (χ1) is 14.7. The number of likely N-dealkylation sites (N-methyl/N-ethyl adjacent to an activating group) is 1. The minimum Gasteiger partial charge on any atom is -0.435 e. The molecule has 1 aliphatic rings. The van der Waals surface area contributed by atoms with Crippen molar-refractivity contribution in [1.82, 2.24) is 4.90 Å². The molecule has 31 heavy (non-hydrogen) atoms. The van der Waals surface area contributed by atoms with E-state index in [0.29, 0.717) is 17.5 Å². The largest absolute Gasteiger partial charge is 0.435 e. The van der Waals surface area contributed by atoms with Crippen LogP contribution in [0, 0.1) is 17.7 Å². The van der Waals surface area contributed by atoms with Crippen LogP contribution in [-0.2, 0) is 16.8 Å². The second-order valence-corrected chi connectivity index (χ2v) is 6.73. The first kappa shape index (κ1) is 22.2. The normalized spacial score (nSPS) is 18.1. The summed E-state index contributed by atoms with van der Waals surface area (Å²) in [4.78, 5) is 18.8. The Balaban J connectivity index is 2.26. The highest BCUT2D eigenvalue weighted by molar-refractivity contribution is 6.09. The fraction of sp³-hybridized carbons (Fsp3) is 0.273. The summed E-state index contributed by atoms with van der Waals surface area (Å²) in [5, 5.41) is 0. The zero-order chi connectivity index (χ0) is 22.8. The Morgan fingerprint density at radius 2 is 1.90 bits per heavy atom. The van der Waals surface area contributed by atoms with E-state index in [1.165, 1.54) is 37.4 Å². The van der Waals surface area contributed by atoms with E-state index >= 15 is 0 Å². The summed E-state index contributed by atoms with van der Waals surface area (Å²) in [5.41, 5.74) is 5.12. The van der Waals surface area contributed by atoms with E-state index in [1.807, 2.05) is 0 Å². The number of rotatable bonds is 5. The van der Waals surface area contributed by atoms with Crippen molar-refractivity contribution in [2.24, 2.45) is 10.7 Å². The van der Waals surface area contributed by atoms with Crippen LogP contribution >= 0.6 is 0 Å². The molecule has 0 saturated heterocycles. The van der Waals surface area contributed by atoms with Crippen LogP contribution in [0.4, 0.5) is 17.6 Å². The number of guanidine groups is 1. The minimum absolute atomic E-state index is 0.0271. The Morgan fingerprint density at radius 3 is 2.48 bits per heavy atom. The van der Waals surface area contributed by atoms with E-state index in [0.717, 1.165) is 11.0 Å². The number of nitrogens with two attached hydrogens (primary N) is 1. The maximum atomic E-state index is 14.2. The number of carbonyl (C=O) groups excluding carboxylic acids is 1. The van der Waals surface area contributed by atoms with Gasteiger partial charge in [0.25, 0.3) is 5.91 Å². The fourth-order valence-electron chi connectivity index (χ4n) is 3.45. The third-order valence-electron chi connectivity index (χ3n) is 4.99. The highest BCUT2D eigenvalue weighted by Crippen LogP contribution is 2.41. The molecule has 2 aromatic carbocycles. The van der Waals surface area contributed by atoms with Crippen LogP contribution in [0.3, 0.4) is 0 Å². The standard InChI is InChI=1S/C22H19F4N3O2/c1-3-13-11-16(7-9-18(13)31-20(25)26)22(19(30)29(2)21(27)28-22)15-6-8-17(24)14(12-15)5-4-10-23/h6-9,11-12,20H,3,10H2,1-2H3,(H2,27,28). The number of halogens is 4. The molecule has 0 spiro atoms. The Labute approximate surface area is 176 Å². The molecular weight excluding hydrogens is 414 g/mol. The van der Waals surface area contributed by atoms with Gasteiger partial charge in [-0.05, 0) is 47.4 Å². The van der Waals surface area contributed by atoms with Gasteiger partial charge in [0.1, 0.15) is 11.6 Å². The second kappa shape index (κ2) is 8.68. The monoisotopic (exact) mass is 433 g/mol. The topological polar surface area (TPSA) is 67.9 Å². The van der Waals surface area contributed by atoms with Crippen LogP contribution in [0.2, 0.25) is 0 Å². The predicted octanol–water partition coefficient (Wildman–Crippen LogP) is 3.34. The van der Waals surface area contributed by atoms with Crippen molar-refractivity contribution in [2.75, 3.05) is 13.7 Å².